The highest BCUT2D eigenvalue weighted by Gasteiger charge is 2.35. The van der Waals surface area contributed by atoms with Crippen molar-refractivity contribution in [3.05, 3.63) is 23.0 Å². The fraction of sp³-hybridized carbons (Fsp3) is 0.500. The molecule has 1 fully saturated rings. The van der Waals surface area contributed by atoms with Crippen molar-refractivity contribution in [2.24, 2.45) is 0 Å². The zero-order valence-corrected chi connectivity index (χ0v) is 14.0. The Kier molecular flexibility index (Phi) is 4.37. The highest BCUT2D eigenvalue weighted by Crippen LogP contribution is 2.36. The summed E-state index contributed by atoms with van der Waals surface area (Å²) in [6, 6.07) is 1.42. The lowest BCUT2D eigenvalue weighted by atomic mass is 10.0. The van der Waals surface area contributed by atoms with Gasteiger partial charge in [-0.05, 0) is 32.8 Å². The molecule has 3 rings (SSSR count). The Labute approximate surface area is 139 Å². The van der Waals surface area contributed by atoms with Crippen LogP contribution in [0.5, 0.6) is 0 Å². The van der Waals surface area contributed by atoms with Gasteiger partial charge in [-0.1, -0.05) is 5.16 Å². The van der Waals surface area contributed by atoms with Gasteiger partial charge in [0.25, 0.3) is 11.6 Å². The van der Waals surface area contributed by atoms with Crippen molar-refractivity contribution in [2.45, 2.75) is 32.7 Å². The minimum atomic E-state index is -0.377. The predicted octanol–water partition coefficient (Wildman–Crippen LogP) is 2.18. The number of amides is 2. The summed E-state index contributed by atoms with van der Waals surface area (Å²) in [6.45, 7) is 4.46. The first-order valence-corrected chi connectivity index (χ1v) is 7.99. The fourth-order valence-electron chi connectivity index (χ4n) is 3.11. The van der Waals surface area contributed by atoms with Crippen LogP contribution in [0.15, 0.2) is 10.6 Å². The number of nitrogens with one attached hydrogen (secondary N) is 1. The van der Waals surface area contributed by atoms with Gasteiger partial charge in [0.1, 0.15) is 5.69 Å². The first kappa shape index (κ1) is 16.2. The van der Waals surface area contributed by atoms with E-state index in [4.69, 9.17) is 9.26 Å². The Morgan fingerprint density at radius 1 is 1.50 bits per heavy atom. The number of rotatable bonds is 3. The molecule has 0 bridgehead atoms. The highest BCUT2D eigenvalue weighted by molar-refractivity contribution is 6.06. The highest BCUT2D eigenvalue weighted by atomic mass is 16.6. The van der Waals surface area contributed by atoms with Crippen molar-refractivity contribution in [3.8, 4) is 0 Å². The molecule has 0 radical (unpaired) electrons. The third kappa shape index (κ3) is 2.68. The number of carbonyl (C=O) groups is 2. The topological polar surface area (TPSA) is 97.6 Å². The molecule has 8 nitrogen and oxygen atoms in total. The lowest BCUT2D eigenvalue weighted by Gasteiger charge is -2.22. The van der Waals surface area contributed by atoms with Gasteiger partial charge >= 0.3 is 6.09 Å². The van der Waals surface area contributed by atoms with E-state index in [2.05, 4.69) is 15.5 Å². The summed E-state index contributed by atoms with van der Waals surface area (Å²) in [4.78, 5) is 30.4. The first-order valence-electron chi connectivity index (χ1n) is 7.99. The molecular weight excluding hydrogens is 312 g/mol. The Hall–Kier alpha value is -2.64. The summed E-state index contributed by atoms with van der Waals surface area (Å²) in [6.07, 6.45) is 1.20. The van der Waals surface area contributed by atoms with Gasteiger partial charge in [0, 0.05) is 19.3 Å². The molecule has 128 valence electrons. The molecule has 24 heavy (non-hydrogen) atoms. The maximum absolute atomic E-state index is 12.2. The van der Waals surface area contributed by atoms with Gasteiger partial charge in [-0.3, -0.25) is 9.69 Å². The Morgan fingerprint density at radius 2 is 2.29 bits per heavy atom. The molecule has 0 saturated carbocycles. The van der Waals surface area contributed by atoms with E-state index in [0.717, 1.165) is 12.8 Å². The summed E-state index contributed by atoms with van der Waals surface area (Å²) in [5.41, 5.74) is 1.98. The van der Waals surface area contributed by atoms with Crippen LogP contribution in [-0.2, 0) is 4.74 Å². The number of ether oxygens (including phenoxy) is 1. The van der Waals surface area contributed by atoms with Gasteiger partial charge in [-0.15, -0.1) is 0 Å². The quantitative estimate of drug-likeness (QED) is 0.925. The van der Waals surface area contributed by atoms with Crippen molar-refractivity contribution >= 4 is 23.1 Å². The maximum atomic E-state index is 12.2. The Bertz CT molecular complexity index is 786. The Balaban J connectivity index is 2.09. The van der Waals surface area contributed by atoms with E-state index in [0.29, 0.717) is 41.2 Å². The number of aromatic nitrogens is 2. The van der Waals surface area contributed by atoms with Gasteiger partial charge < -0.3 is 14.6 Å². The lowest BCUT2D eigenvalue weighted by Crippen LogP contribution is -2.31. The van der Waals surface area contributed by atoms with Gasteiger partial charge in [0.2, 0.25) is 0 Å². The van der Waals surface area contributed by atoms with E-state index in [-0.39, 0.29) is 18.0 Å². The molecule has 1 atom stereocenters. The maximum Gasteiger partial charge on any atom is 0.410 e. The van der Waals surface area contributed by atoms with Crippen molar-refractivity contribution in [1.82, 2.24) is 20.4 Å². The van der Waals surface area contributed by atoms with E-state index < -0.39 is 0 Å². The number of carbonyl (C=O) groups excluding carboxylic acids is 2. The van der Waals surface area contributed by atoms with Crippen molar-refractivity contribution < 1.29 is 18.8 Å². The van der Waals surface area contributed by atoms with Crippen molar-refractivity contribution in [1.29, 1.82) is 0 Å². The van der Waals surface area contributed by atoms with E-state index in [1.54, 1.807) is 31.9 Å². The minimum Gasteiger partial charge on any atom is -0.450 e. The molecular formula is C16H20N4O4. The molecule has 3 heterocycles. The summed E-state index contributed by atoms with van der Waals surface area (Å²) in [5, 5.41) is 7.30. The van der Waals surface area contributed by atoms with Crippen LogP contribution >= 0.6 is 0 Å². The summed E-state index contributed by atoms with van der Waals surface area (Å²) in [5.74, 6) is -0.240. The van der Waals surface area contributed by atoms with Crippen LogP contribution in [-0.4, -0.2) is 47.2 Å². The number of hydrogen-bond acceptors (Lipinski definition) is 6. The first-order chi connectivity index (χ1) is 11.6. The standard InChI is InChI=1S/C16H20N4O4/c1-4-23-16(22)20-7-5-6-11(20)13-12-10(14(21)17-3)8-9(2)18-15(12)24-19-13/h8,11H,4-7H2,1-3H3,(H,17,21). The van der Waals surface area contributed by atoms with Crippen LogP contribution in [0.25, 0.3) is 11.1 Å². The molecule has 1 N–H and O–H groups in total. The van der Waals surface area contributed by atoms with Crippen LogP contribution < -0.4 is 5.32 Å². The van der Waals surface area contributed by atoms with Crippen LogP contribution in [0.2, 0.25) is 0 Å². The molecule has 1 aliphatic rings. The molecule has 0 aliphatic carbocycles. The van der Waals surface area contributed by atoms with Crippen LogP contribution in [0, 0.1) is 6.92 Å². The average molecular weight is 332 g/mol. The van der Waals surface area contributed by atoms with Gasteiger partial charge in [0.15, 0.2) is 0 Å². The van der Waals surface area contributed by atoms with Gasteiger partial charge in [0.05, 0.1) is 23.6 Å². The second kappa shape index (κ2) is 6.46. The number of nitrogens with zero attached hydrogens (tertiary/aromatic N) is 3. The fourth-order valence-corrected chi connectivity index (χ4v) is 3.11. The minimum absolute atomic E-state index is 0.240. The Morgan fingerprint density at radius 3 is 3.00 bits per heavy atom. The zero-order chi connectivity index (χ0) is 17.3. The molecule has 0 aromatic carbocycles. The molecule has 2 aromatic heterocycles. The molecule has 1 saturated heterocycles. The number of pyridine rings is 1. The predicted molar refractivity (Wildman–Crippen MR) is 85.6 cm³/mol. The zero-order valence-electron chi connectivity index (χ0n) is 14.0. The smallest absolute Gasteiger partial charge is 0.410 e. The monoisotopic (exact) mass is 332 g/mol. The van der Waals surface area contributed by atoms with Crippen LogP contribution in [0.3, 0.4) is 0 Å². The molecule has 2 amide bonds. The summed E-state index contributed by atoms with van der Waals surface area (Å²) >= 11 is 0. The third-order valence-electron chi connectivity index (χ3n) is 4.14. The van der Waals surface area contributed by atoms with Crippen LogP contribution in [0.4, 0.5) is 4.79 Å². The molecule has 2 aromatic rings. The van der Waals surface area contributed by atoms with Gasteiger partial charge in [-0.25, -0.2) is 9.78 Å². The van der Waals surface area contributed by atoms with E-state index >= 15 is 0 Å². The van der Waals surface area contributed by atoms with Gasteiger partial charge in [-0.2, -0.15) is 0 Å². The molecule has 8 heteroatoms. The third-order valence-corrected chi connectivity index (χ3v) is 4.14. The number of fused-ring (bicyclic) bond motifs is 1. The van der Waals surface area contributed by atoms with Crippen LogP contribution in [0.1, 0.15) is 47.6 Å². The molecule has 1 aliphatic heterocycles. The largest absolute Gasteiger partial charge is 0.450 e. The average Bonchev–Trinajstić information content (AvgIpc) is 3.19. The van der Waals surface area contributed by atoms with E-state index in [1.807, 2.05) is 0 Å². The van der Waals surface area contributed by atoms with Crippen molar-refractivity contribution in [2.75, 3.05) is 20.2 Å². The molecule has 1 unspecified atom stereocenters. The normalized spacial score (nSPS) is 17.3. The summed E-state index contributed by atoms with van der Waals surface area (Å²) < 4.78 is 10.5. The molecule has 0 spiro atoms. The van der Waals surface area contributed by atoms with Crippen molar-refractivity contribution in [3.63, 3.8) is 0 Å². The lowest BCUT2D eigenvalue weighted by molar-refractivity contribution is 0.0964. The second-order valence-electron chi connectivity index (χ2n) is 5.69. The summed E-state index contributed by atoms with van der Waals surface area (Å²) in [7, 11) is 1.57. The number of hydrogen-bond donors (Lipinski definition) is 1. The number of likely N-dealkylation sites (tertiary alicyclic amines) is 1. The van der Waals surface area contributed by atoms with E-state index in [9.17, 15) is 9.59 Å². The SMILES string of the molecule is CCOC(=O)N1CCCC1c1noc2nc(C)cc(C(=O)NC)c12. The second-order valence-corrected chi connectivity index (χ2v) is 5.69. The number of aryl methyl sites for hydroxylation is 1. The van der Waals surface area contributed by atoms with E-state index in [1.165, 1.54) is 0 Å².